The average Bonchev–Trinajstić information content (AvgIpc) is 2.56. The van der Waals surface area contributed by atoms with Crippen LogP contribution in [0.3, 0.4) is 0 Å². The van der Waals surface area contributed by atoms with Gasteiger partial charge in [0.05, 0.1) is 6.21 Å². The lowest BCUT2D eigenvalue weighted by molar-refractivity contribution is -0.114. The number of thiocarbonyl (C=S) groups is 1. The number of nitrogens with one attached hydrogen (secondary N) is 2. The molecule has 0 aliphatic heterocycles. The number of carbonyl (C=O) groups is 1. The van der Waals surface area contributed by atoms with Gasteiger partial charge in [-0.1, -0.05) is 12.1 Å². The molecule has 0 heterocycles. The van der Waals surface area contributed by atoms with E-state index in [-0.39, 0.29) is 21.7 Å². The first-order chi connectivity index (χ1) is 12.3. The summed E-state index contributed by atoms with van der Waals surface area (Å²) in [4.78, 5) is 11.0. The first kappa shape index (κ1) is 19.3. The Bertz CT molecular complexity index is 941. The molecule has 10 heteroatoms. The highest BCUT2D eigenvalue weighted by Crippen LogP contribution is 2.22. The van der Waals surface area contributed by atoms with Crippen molar-refractivity contribution >= 4 is 45.3 Å². The maximum absolute atomic E-state index is 12.5. The van der Waals surface area contributed by atoms with Crippen molar-refractivity contribution < 1.29 is 17.4 Å². The summed E-state index contributed by atoms with van der Waals surface area (Å²) in [6.07, 6.45) is 1.34. The lowest BCUT2D eigenvalue weighted by Gasteiger charge is -2.10. The Hall–Kier alpha value is -2.98. The van der Waals surface area contributed by atoms with E-state index >= 15 is 0 Å². The molecule has 26 heavy (non-hydrogen) atoms. The second kappa shape index (κ2) is 8.41. The van der Waals surface area contributed by atoms with Crippen molar-refractivity contribution in [3.8, 4) is 5.75 Å². The zero-order chi connectivity index (χ0) is 19.2. The number of rotatable bonds is 6. The number of hydrogen-bond acceptors (Lipinski definition) is 6. The first-order valence-corrected chi connectivity index (χ1v) is 9.09. The number of benzene rings is 2. The first-order valence-electron chi connectivity index (χ1n) is 7.27. The highest BCUT2D eigenvalue weighted by atomic mass is 32.2. The molecule has 0 saturated heterocycles. The summed E-state index contributed by atoms with van der Waals surface area (Å²) in [5.74, 6) is -0.164. The van der Waals surface area contributed by atoms with Gasteiger partial charge >= 0.3 is 10.1 Å². The second-order valence-electron chi connectivity index (χ2n) is 5.02. The van der Waals surface area contributed by atoms with E-state index in [4.69, 9.17) is 9.92 Å². The van der Waals surface area contributed by atoms with Crippen LogP contribution >= 0.6 is 12.2 Å². The van der Waals surface area contributed by atoms with Gasteiger partial charge in [0.25, 0.3) is 0 Å². The van der Waals surface area contributed by atoms with Crippen LogP contribution in [0.15, 0.2) is 58.5 Å². The van der Waals surface area contributed by atoms with E-state index in [1.165, 1.54) is 43.5 Å². The van der Waals surface area contributed by atoms with Gasteiger partial charge in [0.15, 0.2) is 10.9 Å². The van der Waals surface area contributed by atoms with Crippen LogP contribution in [0.4, 0.5) is 5.69 Å². The van der Waals surface area contributed by atoms with Crippen molar-refractivity contribution in [2.45, 2.75) is 11.8 Å². The fraction of sp³-hybridized carbons (Fsp3) is 0.0625. The van der Waals surface area contributed by atoms with Crippen molar-refractivity contribution in [3.05, 3.63) is 54.1 Å². The average molecular weight is 392 g/mol. The number of carbonyl (C=O) groups excluding carboxylic acids is 1. The largest absolute Gasteiger partial charge is 0.378 e. The predicted octanol–water partition coefficient (Wildman–Crippen LogP) is 1.58. The molecule has 0 bridgehead atoms. The molecule has 2 aromatic carbocycles. The highest BCUT2D eigenvalue weighted by Gasteiger charge is 2.18. The Morgan fingerprint density at radius 2 is 1.85 bits per heavy atom. The van der Waals surface area contributed by atoms with Crippen molar-refractivity contribution in [2.24, 2.45) is 10.8 Å². The van der Waals surface area contributed by atoms with Crippen LogP contribution in [-0.2, 0) is 14.9 Å². The van der Waals surface area contributed by atoms with E-state index in [2.05, 4.69) is 28.1 Å². The molecule has 0 aliphatic carbocycles. The van der Waals surface area contributed by atoms with E-state index in [1.807, 2.05) is 0 Å². The fourth-order valence-electron chi connectivity index (χ4n) is 1.90. The molecule has 0 spiro atoms. The molecule has 8 nitrogen and oxygen atoms in total. The van der Waals surface area contributed by atoms with E-state index in [0.717, 1.165) is 0 Å². The fourth-order valence-corrected chi connectivity index (χ4v) is 2.91. The summed E-state index contributed by atoms with van der Waals surface area (Å²) < 4.78 is 30.1. The zero-order valence-electron chi connectivity index (χ0n) is 13.7. The topological polar surface area (TPSA) is 123 Å². The molecule has 0 atom stereocenters. The SMILES string of the molecule is CC(=O)Nc1ccc(S(=O)(=O)Oc2ccccc2/C=N\NC(N)=S)cc1. The summed E-state index contributed by atoms with van der Waals surface area (Å²) in [6.45, 7) is 1.36. The standard InChI is InChI=1S/C16H16N4O4S2/c1-11(21)19-13-6-8-14(9-7-13)26(22,23)24-15-5-3-2-4-12(15)10-18-20-16(17)25/h2-10H,1H3,(H,19,21)(H3,17,20,25)/b18-10-. The third-order valence-electron chi connectivity index (χ3n) is 2.96. The summed E-state index contributed by atoms with van der Waals surface area (Å²) >= 11 is 4.63. The molecule has 1 amide bonds. The van der Waals surface area contributed by atoms with Crippen LogP contribution in [0.1, 0.15) is 12.5 Å². The third kappa shape index (κ3) is 5.53. The van der Waals surface area contributed by atoms with Crippen molar-refractivity contribution in [3.63, 3.8) is 0 Å². The summed E-state index contributed by atoms with van der Waals surface area (Å²) in [5, 5.41) is 6.32. The van der Waals surface area contributed by atoms with Gasteiger partial charge in [-0.2, -0.15) is 13.5 Å². The van der Waals surface area contributed by atoms with Gasteiger partial charge in [0.1, 0.15) is 4.90 Å². The quantitative estimate of drug-likeness (QED) is 0.295. The predicted molar refractivity (Wildman–Crippen MR) is 103 cm³/mol. The summed E-state index contributed by atoms with van der Waals surface area (Å²) in [7, 11) is -4.07. The number of para-hydroxylation sites is 1. The van der Waals surface area contributed by atoms with E-state index in [1.54, 1.807) is 18.2 Å². The molecule has 2 aromatic rings. The molecule has 2 rings (SSSR count). The van der Waals surface area contributed by atoms with Crippen LogP contribution < -0.4 is 20.7 Å². The molecular weight excluding hydrogens is 376 g/mol. The van der Waals surface area contributed by atoms with E-state index in [9.17, 15) is 13.2 Å². The smallest absolute Gasteiger partial charge is 0.339 e. The van der Waals surface area contributed by atoms with Gasteiger partial charge in [-0.05, 0) is 48.6 Å². The van der Waals surface area contributed by atoms with E-state index < -0.39 is 10.1 Å². The molecule has 0 aromatic heterocycles. The molecular formula is C16H16N4O4S2. The van der Waals surface area contributed by atoms with Crippen LogP contribution in [0.5, 0.6) is 5.75 Å². The lowest BCUT2D eigenvalue weighted by Crippen LogP contribution is -2.24. The van der Waals surface area contributed by atoms with Gasteiger partial charge in [0, 0.05) is 18.2 Å². The maximum Gasteiger partial charge on any atom is 0.339 e. The van der Waals surface area contributed by atoms with Gasteiger partial charge in [-0.25, -0.2) is 0 Å². The molecule has 0 radical (unpaired) electrons. The minimum atomic E-state index is -4.07. The Morgan fingerprint density at radius 3 is 2.46 bits per heavy atom. The Morgan fingerprint density at radius 1 is 1.19 bits per heavy atom. The van der Waals surface area contributed by atoms with Crippen LogP contribution in [-0.4, -0.2) is 25.7 Å². The molecule has 0 fully saturated rings. The summed E-state index contributed by atoms with van der Waals surface area (Å²) in [6, 6.07) is 12.1. The molecule has 0 aliphatic rings. The minimum Gasteiger partial charge on any atom is -0.378 e. The Kier molecular flexibility index (Phi) is 6.26. The Balaban J connectivity index is 2.23. The van der Waals surface area contributed by atoms with Crippen molar-refractivity contribution in [1.29, 1.82) is 0 Å². The monoisotopic (exact) mass is 392 g/mol. The summed E-state index contributed by atoms with van der Waals surface area (Å²) in [5.41, 5.74) is 8.54. The number of nitrogens with zero attached hydrogens (tertiary/aromatic N) is 1. The van der Waals surface area contributed by atoms with Gasteiger partial charge in [-0.15, -0.1) is 0 Å². The number of hydrogen-bond donors (Lipinski definition) is 3. The normalized spacial score (nSPS) is 11.1. The Labute approximate surface area is 156 Å². The van der Waals surface area contributed by atoms with Gasteiger partial charge in [-0.3, -0.25) is 10.2 Å². The number of hydrazone groups is 1. The van der Waals surface area contributed by atoms with Crippen LogP contribution in [0.2, 0.25) is 0 Å². The van der Waals surface area contributed by atoms with Crippen LogP contribution in [0, 0.1) is 0 Å². The van der Waals surface area contributed by atoms with Gasteiger partial charge < -0.3 is 15.2 Å². The lowest BCUT2D eigenvalue weighted by atomic mass is 10.2. The van der Waals surface area contributed by atoms with Crippen LogP contribution in [0.25, 0.3) is 0 Å². The molecule has 0 saturated carbocycles. The highest BCUT2D eigenvalue weighted by molar-refractivity contribution is 7.87. The minimum absolute atomic E-state index is 0.0217. The van der Waals surface area contributed by atoms with Crippen molar-refractivity contribution in [1.82, 2.24) is 5.43 Å². The van der Waals surface area contributed by atoms with Gasteiger partial charge in [0.2, 0.25) is 5.91 Å². The van der Waals surface area contributed by atoms with E-state index in [0.29, 0.717) is 11.3 Å². The maximum atomic E-state index is 12.5. The molecule has 4 N–H and O–H groups in total. The number of amides is 1. The zero-order valence-corrected chi connectivity index (χ0v) is 15.3. The second-order valence-corrected chi connectivity index (χ2v) is 7.00. The molecule has 0 unspecified atom stereocenters. The number of anilines is 1. The third-order valence-corrected chi connectivity index (χ3v) is 4.30. The van der Waals surface area contributed by atoms with Crippen molar-refractivity contribution in [2.75, 3.05) is 5.32 Å². The molecule has 136 valence electrons. The number of nitrogens with two attached hydrogens (primary N) is 1.